The number of hydrogen-bond acceptors (Lipinski definition) is 9. The van der Waals surface area contributed by atoms with E-state index >= 15 is 0 Å². The molecule has 0 spiro atoms. The number of carbonyl (C=O) groups is 1. The second-order valence-electron chi connectivity index (χ2n) is 7.71. The number of likely N-dealkylation sites (tertiary alicyclic amines) is 1. The molecule has 1 aliphatic rings. The number of halogens is 1. The van der Waals surface area contributed by atoms with Gasteiger partial charge in [-0.2, -0.15) is 0 Å². The highest BCUT2D eigenvalue weighted by Crippen LogP contribution is 2.34. The van der Waals surface area contributed by atoms with E-state index in [9.17, 15) is 9.18 Å². The molecule has 1 atom stereocenters. The molecule has 0 aliphatic carbocycles. The molecule has 11 nitrogen and oxygen atoms in total. The summed E-state index contributed by atoms with van der Waals surface area (Å²) in [7, 11) is 0. The molecule has 4 heterocycles. The summed E-state index contributed by atoms with van der Waals surface area (Å²) < 4.78 is 25.8. The van der Waals surface area contributed by atoms with Crippen LogP contribution in [-0.4, -0.2) is 54.8 Å². The largest absolute Gasteiger partial charge is 0.438 e. The van der Waals surface area contributed by atoms with Gasteiger partial charge in [-0.1, -0.05) is 0 Å². The molecule has 1 saturated heterocycles. The molecule has 4 N–H and O–H groups in total. The van der Waals surface area contributed by atoms with Crippen molar-refractivity contribution < 1.29 is 18.6 Å². The highest BCUT2D eigenvalue weighted by atomic mass is 19.1. The van der Waals surface area contributed by atoms with Gasteiger partial charge in [-0.25, -0.2) is 19.0 Å². The van der Waals surface area contributed by atoms with Crippen molar-refractivity contribution in [2.24, 2.45) is 5.73 Å². The fraction of sp³-hybridized carbons (Fsp3) is 0.286. The Bertz CT molecular complexity index is 1330. The lowest BCUT2D eigenvalue weighted by molar-refractivity contribution is 0.0789. The van der Waals surface area contributed by atoms with Crippen LogP contribution in [0.5, 0.6) is 11.6 Å². The lowest BCUT2D eigenvalue weighted by Gasteiger charge is -2.19. The quantitative estimate of drug-likeness (QED) is 0.464. The zero-order chi connectivity index (χ0) is 23.1. The van der Waals surface area contributed by atoms with Crippen molar-refractivity contribution in [2.75, 3.05) is 18.8 Å². The molecule has 1 amide bonds. The van der Waals surface area contributed by atoms with Crippen LogP contribution in [0.3, 0.4) is 0 Å². The minimum atomic E-state index is -0.402. The average molecular weight is 452 g/mol. The maximum absolute atomic E-state index is 13.7. The van der Waals surface area contributed by atoms with Crippen LogP contribution < -0.4 is 16.2 Å². The Kier molecular flexibility index (Phi) is 5.13. The summed E-state index contributed by atoms with van der Waals surface area (Å²) in [5.74, 6) is 0.189. The van der Waals surface area contributed by atoms with E-state index in [4.69, 9.17) is 20.8 Å². The molecule has 3 aromatic heterocycles. The molecular formula is C21H21FN8O3. The van der Waals surface area contributed by atoms with E-state index in [0.29, 0.717) is 48.7 Å². The number of anilines is 1. The maximum Gasteiger partial charge on any atom is 0.261 e. The number of aryl methyl sites for hydroxylation is 1. The number of carbonyl (C=O) groups excluding carboxylic acids is 1. The van der Waals surface area contributed by atoms with Gasteiger partial charge in [0.05, 0.1) is 11.7 Å². The van der Waals surface area contributed by atoms with Gasteiger partial charge in [0.15, 0.2) is 17.3 Å². The number of nitrogens with zero attached hydrogens (tertiary/aromatic N) is 6. The molecule has 33 heavy (non-hydrogen) atoms. The number of aromatic nitrogens is 5. The van der Waals surface area contributed by atoms with E-state index in [0.717, 1.165) is 0 Å². The first-order valence-electron chi connectivity index (χ1n) is 10.4. The lowest BCUT2D eigenvalue weighted by atomic mass is 10.2. The third-order valence-electron chi connectivity index (χ3n) is 5.55. The summed E-state index contributed by atoms with van der Waals surface area (Å²) in [6, 6.07) is 5.36. The van der Waals surface area contributed by atoms with Gasteiger partial charge in [0.25, 0.3) is 5.91 Å². The first kappa shape index (κ1) is 20.8. The molecule has 1 aliphatic heterocycles. The van der Waals surface area contributed by atoms with E-state index in [1.54, 1.807) is 9.47 Å². The van der Waals surface area contributed by atoms with E-state index in [1.807, 2.05) is 6.92 Å². The number of hydrogen-bond donors (Lipinski definition) is 2. The predicted molar refractivity (Wildman–Crippen MR) is 116 cm³/mol. The fourth-order valence-corrected chi connectivity index (χ4v) is 3.96. The number of ether oxygens (including phenoxy) is 1. The molecular weight excluding hydrogens is 431 g/mol. The summed E-state index contributed by atoms with van der Waals surface area (Å²) in [5.41, 5.74) is 13.4. The van der Waals surface area contributed by atoms with Crippen molar-refractivity contribution in [2.45, 2.75) is 25.9 Å². The summed E-state index contributed by atoms with van der Waals surface area (Å²) in [5, 5.41) is 7.48. The molecule has 5 rings (SSSR count). The third-order valence-corrected chi connectivity index (χ3v) is 5.55. The van der Waals surface area contributed by atoms with Gasteiger partial charge < -0.3 is 25.7 Å². The van der Waals surface area contributed by atoms with Crippen LogP contribution in [0.2, 0.25) is 0 Å². The van der Waals surface area contributed by atoms with Crippen molar-refractivity contribution >= 4 is 22.8 Å². The summed E-state index contributed by atoms with van der Waals surface area (Å²) in [6.45, 7) is 3.27. The number of amides is 1. The highest BCUT2D eigenvalue weighted by Gasteiger charge is 2.32. The number of rotatable bonds is 5. The van der Waals surface area contributed by atoms with Gasteiger partial charge in [0.1, 0.15) is 22.6 Å². The van der Waals surface area contributed by atoms with Gasteiger partial charge in [0, 0.05) is 25.7 Å². The third kappa shape index (κ3) is 3.63. The molecule has 170 valence electrons. The zero-order valence-electron chi connectivity index (χ0n) is 17.7. The Morgan fingerprint density at radius 1 is 1.30 bits per heavy atom. The molecule has 1 fully saturated rings. The topological polar surface area (TPSA) is 151 Å². The number of fused-ring (bicyclic) bond motifs is 1. The monoisotopic (exact) mass is 452 g/mol. The van der Waals surface area contributed by atoms with E-state index < -0.39 is 5.82 Å². The minimum absolute atomic E-state index is 0.0759. The summed E-state index contributed by atoms with van der Waals surface area (Å²) in [6.07, 6.45) is 2.20. The average Bonchev–Trinajstić information content (AvgIpc) is 3.52. The predicted octanol–water partition coefficient (Wildman–Crippen LogP) is 2.19. The Hall–Kier alpha value is -4.06. The Morgan fingerprint density at radius 3 is 2.73 bits per heavy atom. The SMILES string of the molecule is CCn1c(-c2nonc2N)nc2cnc(Oc3ccc(F)cc3)c(C(=O)N3CC[C@H](N)C3)c21. The van der Waals surface area contributed by atoms with Crippen molar-refractivity contribution in [3.05, 3.63) is 41.8 Å². The Labute approximate surface area is 187 Å². The number of pyridine rings is 1. The smallest absolute Gasteiger partial charge is 0.261 e. The lowest BCUT2D eigenvalue weighted by Crippen LogP contribution is -2.32. The summed E-state index contributed by atoms with van der Waals surface area (Å²) in [4.78, 5) is 24.3. The molecule has 1 aromatic carbocycles. The molecule has 0 unspecified atom stereocenters. The van der Waals surface area contributed by atoms with Gasteiger partial charge in [-0.15, -0.1) is 0 Å². The van der Waals surface area contributed by atoms with Gasteiger partial charge in [-0.05, 0) is 47.9 Å². The second-order valence-corrected chi connectivity index (χ2v) is 7.71. The number of nitrogen functional groups attached to an aromatic ring is 1. The van der Waals surface area contributed by atoms with Crippen LogP contribution in [0.1, 0.15) is 23.7 Å². The Morgan fingerprint density at radius 2 is 2.09 bits per heavy atom. The van der Waals surface area contributed by atoms with E-state index in [2.05, 4.69) is 20.3 Å². The minimum Gasteiger partial charge on any atom is -0.438 e. The van der Waals surface area contributed by atoms with E-state index in [1.165, 1.54) is 30.5 Å². The summed E-state index contributed by atoms with van der Waals surface area (Å²) >= 11 is 0. The fourth-order valence-electron chi connectivity index (χ4n) is 3.96. The van der Waals surface area contributed by atoms with Crippen LogP contribution in [0.4, 0.5) is 10.2 Å². The van der Waals surface area contributed by atoms with Crippen molar-refractivity contribution in [1.82, 2.24) is 29.7 Å². The van der Waals surface area contributed by atoms with Crippen LogP contribution >= 0.6 is 0 Å². The van der Waals surface area contributed by atoms with Crippen molar-refractivity contribution in [1.29, 1.82) is 0 Å². The molecule has 0 radical (unpaired) electrons. The van der Waals surface area contributed by atoms with Gasteiger partial charge in [-0.3, -0.25) is 4.79 Å². The normalized spacial score (nSPS) is 16.0. The maximum atomic E-state index is 13.7. The molecule has 0 bridgehead atoms. The highest BCUT2D eigenvalue weighted by molar-refractivity contribution is 6.07. The van der Waals surface area contributed by atoms with Crippen molar-refractivity contribution in [3.8, 4) is 23.1 Å². The standard InChI is InChI=1S/C21H21FN8O3/c1-2-30-17-14(26-19(30)16-18(24)28-33-27-16)9-25-20(32-13-5-3-11(22)4-6-13)15(17)21(31)29-8-7-12(23)10-29/h3-6,9,12H,2,7-8,10,23H2,1H3,(H2,24,28)/t12-/m0/s1. The van der Waals surface area contributed by atoms with Crippen LogP contribution in [0.25, 0.3) is 22.6 Å². The van der Waals surface area contributed by atoms with Crippen molar-refractivity contribution in [3.63, 3.8) is 0 Å². The van der Waals surface area contributed by atoms with Crippen LogP contribution in [0.15, 0.2) is 35.1 Å². The van der Waals surface area contributed by atoms with Crippen LogP contribution in [0, 0.1) is 5.82 Å². The van der Waals surface area contributed by atoms with Gasteiger partial charge in [0.2, 0.25) is 5.88 Å². The number of nitrogens with two attached hydrogens (primary N) is 2. The van der Waals surface area contributed by atoms with E-state index in [-0.39, 0.29) is 34.9 Å². The Balaban J connectivity index is 1.71. The molecule has 12 heteroatoms. The van der Waals surface area contributed by atoms with Crippen LogP contribution in [-0.2, 0) is 6.54 Å². The molecule has 0 saturated carbocycles. The zero-order valence-corrected chi connectivity index (χ0v) is 17.7. The molecule has 4 aromatic rings. The van der Waals surface area contributed by atoms with Gasteiger partial charge >= 0.3 is 0 Å². The number of benzene rings is 1. The second kappa shape index (κ2) is 8.13. The first-order valence-corrected chi connectivity index (χ1v) is 10.4. The number of imidazole rings is 1. The first-order chi connectivity index (χ1) is 16.0.